The SMILES string of the molecule is Cc1nc(NCc2cccnc2)cc(Nc2ccc(Cl)cc2Cl)n1. The van der Waals surface area contributed by atoms with Crippen LogP contribution in [0.2, 0.25) is 10.0 Å². The number of pyridine rings is 1. The van der Waals surface area contributed by atoms with Gasteiger partial charge in [-0.25, -0.2) is 9.97 Å². The second-order valence-electron chi connectivity index (χ2n) is 5.15. The van der Waals surface area contributed by atoms with E-state index in [1.54, 1.807) is 18.3 Å². The average molecular weight is 360 g/mol. The van der Waals surface area contributed by atoms with Crippen molar-refractivity contribution in [3.63, 3.8) is 0 Å². The van der Waals surface area contributed by atoms with E-state index < -0.39 is 0 Å². The fourth-order valence-corrected chi connectivity index (χ4v) is 2.60. The van der Waals surface area contributed by atoms with Gasteiger partial charge in [0.15, 0.2) is 0 Å². The topological polar surface area (TPSA) is 62.7 Å². The molecule has 24 heavy (non-hydrogen) atoms. The number of nitrogens with one attached hydrogen (secondary N) is 2. The number of benzene rings is 1. The normalized spacial score (nSPS) is 10.5. The van der Waals surface area contributed by atoms with Crippen molar-refractivity contribution in [2.75, 3.05) is 10.6 Å². The maximum Gasteiger partial charge on any atom is 0.136 e. The molecule has 0 radical (unpaired) electrons. The van der Waals surface area contributed by atoms with Gasteiger partial charge in [-0.15, -0.1) is 0 Å². The minimum Gasteiger partial charge on any atom is -0.366 e. The summed E-state index contributed by atoms with van der Waals surface area (Å²) in [6, 6.07) is 11.0. The van der Waals surface area contributed by atoms with E-state index in [0.29, 0.717) is 28.2 Å². The maximum absolute atomic E-state index is 6.19. The molecule has 0 saturated carbocycles. The largest absolute Gasteiger partial charge is 0.366 e. The van der Waals surface area contributed by atoms with Crippen LogP contribution in [0.3, 0.4) is 0 Å². The van der Waals surface area contributed by atoms with Crippen LogP contribution in [0.15, 0.2) is 48.8 Å². The van der Waals surface area contributed by atoms with Crippen molar-refractivity contribution in [2.45, 2.75) is 13.5 Å². The third-order valence-corrected chi connectivity index (χ3v) is 3.78. The number of rotatable bonds is 5. The predicted molar refractivity (Wildman–Crippen MR) is 98.1 cm³/mol. The van der Waals surface area contributed by atoms with Gasteiger partial charge in [0.25, 0.3) is 0 Å². The number of aryl methyl sites for hydroxylation is 1. The Bertz CT molecular complexity index is 840. The summed E-state index contributed by atoms with van der Waals surface area (Å²) in [4.78, 5) is 12.9. The molecule has 7 heteroatoms. The van der Waals surface area contributed by atoms with Crippen molar-refractivity contribution in [2.24, 2.45) is 0 Å². The Balaban J connectivity index is 1.76. The van der Waals surface area contributed by atoms with Gasteiger partial charge in [0.2, 0.25) is 0 Å². The molecule has 0 unspecified atom stereocenters. The first-order valence-electron chi connectivity index (χ1n) is 7.31. The maximum atomic E-state index is 6.19. The zero-order valence-electron chi connectivity index (χ0n) is 12.9. The van der Waals surface area contributed by atoms with Crippen molar-refractivity contribution < 1.29 is 0 Å². The van der Waals surface area contributed by atoms with Gasteiger partial charge in [0.05, 0.1) is 10.7 Å². The molecule has 1 aromatic carbocycles. The Kier molecular flexibility index (Phi) is 5.13. The number of halogens is 2. The van der Waals surface area contributed by atoms with Crippen LogP contribution in [-0.4, -0.2) is 15.0 Å². The van der Waals surface area contributed by atoms with Gasteiger partial charge in [-0.1, -0.05) is 29.3 Å². The lowest BCUT2D eigenvalue weighted by Crippen LogP contribution is -2.05. The van der Waals surface area contributed by atoms with E-state index in [0.717, 1.165) is 17.1 Å². The van der Waals surface area contributed by atoms with Gasteiger partial charge in [0, 0.05) is 30.0 Å². The summed E-state index contributed by atoms with van der Waals surface area (Å²) < 4.78 is 0. The summed E-state index contributed by atoms with van der Waals surface area (Å²) in [5.41, 5.74) is 1.81. The summed E-state index contributed by atoms with van der Waals surface area (Å²) in [6.45, 7) is 2.47. The van der Waals surface area contributed by atoms with Crippen LogP contribution in [0.4, 0.5) is 17.3 Å². The highest BCUT2D eigenvalue weighted by molar-refractivity contribution is 6.36. The van der Waals surface area contributed by atoms with Gasteiger partial charge >= 0.3 is 0 Å². The lowest BCUT2D eigenvalue weighted by molar-refractivity contribution is 1.02. The average Bonchev–Trinajstić information content (AvgIpc) is 2.56. The molecule has 0 atom stereocenters. The van der Waals surface area contributed by atoms with Crippen LogP contribution in [0.25, 0.3) is 0 Å². The van der Waals surface area contributed by atoms with Crippen LogP contribution >= 0.6 is 23.2 Å². The van der Waals surface area contributed by atoms with E-state index in [1.165, 1.54) is 0 Å². The molecule has 2 heterocycles. The minimum absolute atomic E-state index is 0.531. The third-order valence-electron chi connectivity index (χ3n) is 3.23. The second-order valence-corrected chi connectivity index (χ2v) is 5.99. The van der Waals surface area contributed by atoms with Gasteiger partial charge < -0.3 is 10.6 Å². The van der Waals surface area contributed by atoms with Crippen molar-refractivity contribution in [1.29, 1.82) is 0 Å². The fraction of sp³-hybridized carbons (Fsp3) is 0.118. The van der Waals surface area contributed by atoms with Gasteiger partial charge in [0.1, 0.15) is 17.5 Å². The molecule has 3 aromatic rings. The monoisotopic (exact) mass is 359 g/mol. The van der Waals surface area contributed by atoms with E-state index in [1.807, 2.05) is 37.4 Å². The lowest BCUT2D eigenvalue weighted by Gasteiger charge is -2.11. The molecule has 2 aromatic heterocycles. The van der Waals surface area contributed by atoms with Crippen molar-refractivity contribution in [3.8, 4) is 0 Å². The van der Waals surface area contributed by atoms with Gasteiger partial charge in [-0.05, 0) is 36.8 Å². The van der Waals surface area contributed by atoms with E-state index in [9.17, 15) is 0 Å². The zero-order valence-corrected chi connectivity index (χ0v) is 14.4. The quantitative estimate of drug-likeness (QED) is 0.682. The summed E-state index contributed by atoms with van der Waals surface area (Å²) >= 11 is 12.1. The Morgan fingerprint density at radius 3 is 2.62 bits per heavy atom. The number of aromatic nitrogens is 3. The van der Waals surface area contributed by atoms with Crippen LogP contribution in [0.5, 0.6) is 0 Å². The molecular weight excluding hydrogens is 345 g/mol. The highest BCUT2D eigenvalue weighted by atomic mass is 35.5. The molecule has 0 aliphatic rings. The highest BCUT2D eigenvalue weighted by Crippen LogP contribution is 2.28. The molecule has 2 N–H and O–H groups in total. The lowest BCUT2D eigenvalue weighted by atomic mass is 10.3. The Morgan fingerprint density at radius 1 is 1.04 bits per heavy atom. The van der Waals surface area contributed by atoms with Crippen molar-refractivity contribution >= 4 is 40.5 Å². The first kappa shape index (κ1) is 16.5. The van der Waals surface area contributed by atoms with Crippen molar-refractivity contribution in [3.05, 3.63) is 70.2 Å². The Morgan fingerprint density at radius 2 is 1.88 bits per heavy atom. The molecule has 0 saturated heterocycles. The number of hydrogen-bond donors (Lipinski definition) is 2. The summed E-state index contributed by atoms with van der Waals surface area (Å²) in [5.74, 6) is 2.03. The molecule has 5 nitrogen and oxygen atoms in total. The predicted octanol–water partition coefficient (Wildman–Crippen LogP) is 4.84. The Labute approximate surface area is 150 Å². The Hall–Kier alpha value is -2.37. The van der Waals surface area contributed by atoms with Gasteiger partial charge in [-0.3, -0.25) is 4.98 Å². The second kappa shape index (κ2) is 7.47. The third kappa shape index (κ3) is 4.34. The first-order valence-corrected chi connectivity index (χ1v) is 8.06. The molecule has 0 aliphatic carbocycles. The van der Waals surface area contributed by atoms with Crippen molar-refractivity contribution in [1.82, 2.24) is 15.0 Å². The zero-order chi connectivity index (χ0) is 16.9. The van der Waals surface area contributed by atoms with E-state index >= 15 is 0 Å². The molecule has 0 bridgehead atoms. The van der Waals surface area contributed by atoms with Crippen LogP contribution in [-0.2, 0) is 6.54 Å². The smallest absolute Gasteiger partial charge is 0.136 e. The van der Waals surface area contributed by atoms with Crippen LogP contribution in [0, 0.1) is 6.92 Å². The molecule has 0 aliphatic heterocycles. The molecule has 0 fully saturated rings. The standard InChI is InChI=1S/C17H15Cl2N5/c1-11-22-16(21-10-12-3-2-6-20-9-12)8-17(23-11)24-15-5-4-13(18)7-14(15)19/h2-9H,10H2,1H3,(H2,21,22,23,24). The minimum atomic E-state index is 0.531. The molecule has 0 amide bonds. The molecule has 0 spiro atoms. The molecule has 3 rings (SSSR count). The fourth-order valence-electron chi connectivity index (χ4n) is 2.15. The van der Waals surface area contributed by atoms with E-state index in [2.05, 4.69) is 25.6 Å². The number of hydrogen-bond acceptors (Lipinski definition) is 5. The molecular formula is C17H15Cl2N5. The number of anilines is 3. The summed E-state index contributed by atoms with van der Waals surface area (Å²) in [7, 11) is 0. The first-order chi connectivity index (χ1) is 11.6. The van der Waals surface area contributed by atoms with E-state index in [-0.39, 0.29) is 0 Å². The van der Waals surface area contributed by atoms with Crippen LogP contribution in [0.1, 0.15) is 11.4 Å². The highest BCUT2D eigenvalue weighted by Gasteiger charge is 2.06. The summed E-state index contributed by atoms with van der Waals surface area (Å²) in [5, 5.41) is 7.57. The van der Waals surface area contributed by atoms with Crippen LogP contribution < -0.4 is 10.6 Å². The van der Waals surface area contributed by atoms with E-state index in [4.69, 9.17) is 23.2 Å². The number of nitrogens with zero attached hydrogens (tertiary/aromatic N) is 3. The molecule has 122 valence electrons. The van der Waals surface area contributed by atoms with Gasteiger partial charge in [-0.2, -0.15) is 0 Å². The summed E-state index contributed by atoms with van der Waals surface area (Å²) in [6.07, 6.45) is 3.56.